The Bertz CT molecular complexity index is 1100. The van der Waals surface area contributed by atoms with Gasteiger partial charge in [-0.25, -0.2) is 4.98 Å². The average Bonchev–Trinajstić information content (AvgIpc) is 2.68. The quantitative estimate of drug-likeness (QED) is 0.379. The van der Waals surface area contributed by atoms with Gasteiger partial charge in [-0.1, -0.05) is 29.8 Å². The molecule has 0 fully saturated rings. The molecule has 12 heteroatoms. The van der Waals surface area contributed by atoms with Crippen LogP contribution in [0.3, 0.4) is 0 Å². The van der Waals surface area contributed by atoms with Crippen LogP contribution >= 0.6 is 11.6 Å². The molecule has 0 saturated carbocycles. The van der Waals surface area contributed by atoms with E-state index in [9.17, 15) is 26.3 Å². The lowest BCUT2D eigenvalue weighted by Crippen LogP contribution is -2.17. The van der Waals surface area contributed by atoms with Crippen molar-refractivity contribution >= 4 is 29.1 Å². The van der Waals surface area contributed by atoms with Gasteiger partial charge in [0.1, 0.15) is 11.6 Å². The lowest BCUT2D eigenvalue weighted by atomic mass is 10.1. The molecule has 1 aromatic heterocycles. The minimum Gasteiger partial charge on any atom is -0.406 e. The topological polar surface area (TPSA) is 59.1 Å². The molecule has 1 heterocycles. The Kier molecular flexibility index (Phi) is 6.68. The fraction of sp³-hybridized carbons (Fsp3) is 0.200. The van der Waals surface area contributed by atoms with Gasteiger partial charge in [0.2, 0.25) is 5.95 Å². The average molecular weight is 477 g/mol. The maximum Gasteiger partial charge on any atom is 0.573 e. The molecule has 0 spiro atoms. The number of para-hydroxylation sites is 1. The van der Waals surface area contributed by atoms with E-state index in [0.717, 1.165) is 24.3 Å². The molecule has 5 nitrogen and oxygen atoms in total. The van der Waals surface area contributed by atoms with Crippen LogP contribution in [-0.2, 0) is 6.18 Å². The van der Waals surface area contributed by atoms with Crippen molar-refractivity contribution in [3.63, 3.8) is 0 Å². The molecule has 0 bridgehead atoms. The summed E-state index contributed by atoms with van der Waals surface area (Å²) in [6.07, 6.45) is -9.57. The monoisotopic (exact) mass is 476 g/mol. The summed E-state index contributed by atoms with van der Waals surface area (Å²) >= 11 is 5.98. The maximum absolute atomic E-state index is 13.4. The molecule has 0 aliphatic rings. The molecule has 2 aromatic carbocycles. The first-order valence-electron chi connectivity index (χ1n) is 9.08. The minimum absolute atomic E-state index is 0.0494. The molecule has 32 heavy (non-hydrogen) atoms. The largest absolute Gasteiger partial charge is 0.573 e. The molecule has 0 amide bonds. The lowest BCUT2D eigenvalue weighted by molar-refractivity contribution is -0.274. The van der Waals surface area contributed by atoms with Gasteiger partial charge in [0.25, 0.3) is 0 Å². The first-order chi connectivity index (χ1) is 15.0. The number of rotatable bonds is 6. The summed E-state index contributed by atoms with van der Waals surface area (Å²) < 4.78 is 81.8. The summed E-state index contributed by atoms with van der Waals surface area (Å²) in [5, 5.41) is 5.19. The lowest BCUT2D eigenvalue weighted by Gasteiger charge is -2.17. The first-order valence-corrected chi connectivity index (χ1v) is 9.46. The Hall–Kier alpha value is -3.21. The van der Waals surface area contributed by atoms with Crippen molar-refractivity contribution in [1.29, 1.82) is 0 Å². The highest BCUT2D eigenvalue weighted by Crippen LogP contribution is 2.40. The summed E-state index contributed by atoms with van der Waals surface area (Å²) in [5.41, 5.74) is -1.04. The maximum atomic E-state index is 13.4. The van der Waals surface area contributed by atoms with Crippen LogP contribution in [0.4, 0.5) is 43.8 Å². The Morgan fingerprint density at radius 1 is 0.969 bits per heavy atom. The highest BCUT2D eigenvalue weighted by molar-refractivity contribution is 6.33. The van der Waals surface area contributed by atoms with Crippen molar-refractivity contribution in [2.45, 2.75) is 19.5 Å². The smallest absolute Gasteiger partial charge is 0.406 e. The second-order valence-electron chi connectivity index (χ2n) is 6.35. The predicted molar refractivity (Wildman–Crippen MR) is 108 cm³/mol. The molecule has 0 atom stereocenters. The van der Waals surface area contributed by atoms with Crippen LogP contribution in [0, 0.1) is 0 Å². The number of alkyl halides is 6. The third-order valence-corrected chi connectivity index (χ3v) is 4.31. The molecule has 0 saturated heterocycles. The van der Waals surface area contributed by atoms with Gasteiger partial charge in [0, 0.05) is 18.2 Å². The molecule has 0 aliphatic carbocycles. The van der Waals surface area contributed by atoms with E-state index in [1.54, 1.807) is 6.92 Å². The Balaban J connectivity index is 2.05. The van der Waals surface area contributed by atoms with Crippen molar-refractivity contribution < 1.29 is 31.1 Å². The number of nitrogens with zero attached hydrogens (tertiary/aromatic N) is 2. The zero-order valence-electron chi connectivity index (χ0n) is 16.3. The van der Waals surface area contributed by atoms with Crippen LogP contribution in [-0.4, -0.2) is 22.9 Å². The third kappa shape index (κ3) is 5.94. The second-order valence-corrected chi connectivity index (χ2v) is 6.76. The number of hydrogen-bond donors (Lipinski definition) is 2. The van der Waals surface area contributed by atoms with Crippen LogP contribution in [0.25, 0.3) is 11.3 Å². The van der Waals surface area contributed by atoms with Gasteiger partial charge in [-0.3, -0.25) is 0 Å². The first kappa shape index (κ1) is 23.5. The molecule has 0 radical (unpaired) electrons. The van der Waals surface area contributed by atoms with Crippen molar-refractivity contribution in [2.24, 2.45) is 0 Å². The normalized spacial score (nSPS) is 11.9. The van der Waals surface area contributed by atoms with E-state index in [1.165, 1.54) is 24.3 Å². The molecule has 2 N–H and O–H groups in total. The van der Waals surface area contributed by atoms with Crippen LogP contribution in [0.2, 0.25) is 5.02 Å². The number of anilines is 3. The van der Waals surface area contributed by atoms with Gasteiger partial charge < -0.3 is 15.4 Å². The Labute approximate surface area is 183 Å². The summed E-state index contributed by atoms with van der Waals surface area (Å²) in [6.45, 7) is 2.14. The molecule has 0 aliphatic heterocycles. The van der Waals surface area contributed by atoms with Gasteiger partial charge in [-0.15, -0.1) is 13.2 Å². The van der Waals surface area contributed by atoms with Crippen molar-refractivity contribution in [1.82, 2.24) is 9.97 Å². The summed E-state index contributed by atoms with van der Waals surface area (Å²) in [6, 6.07) is 9.61. The molecule has 170 valence electrons. The van der Waals surface area contributed by atoms with Crippen molar-refractivity contribution in [3.05, 3.63) is 59.1 Å². The fourth-order valence-corrected chi connectivity index (χ4v) is 2.99. The fourth-order valence-electron chi connectivity index (χ4n) is 2.76. The Morgan fingerprint density at radius 3 is 2.34 bits per heavy atom. The molecular weight excluding hydrogens is 462 g/mol. The Morgan fingerprint density at radius 2 is 1.69 bits per heavy atom. The zero-order valence-corrected chi connectivity index (χ0v) is 17.0. The SMILES string of the molecule is CCNc1nc(Nc2c(Cl)cccc2C(F)(F)F)cc(-c2cccc(OC(F)(F)F)c2)n1. The van der Waals surface area contributed by atoms with Crippen molar-refractivity contribution in [3.8, 4) is 17.0 Å². The highest BCUT2D eigenvalue weighted by atomic mass is 35.5. The van der Waals surface area contributed by atoms with Gasteiger partial charge in [0.15, 0.2) is 0 Å². The minimum atomic E-state index is -4.88. The second kappa shape index (κ2) is 9.11. The van der Waals surface area contributed by atoms with Crippen LogP contribution in [0.1, 0.15) is 12.5 Å². The third-order valence-electron chi connectivity index (χ3n) is 4.00. The number of nitrogens with one attached hydrogen (secondary N) is 2. The molecule has 3 aromatic rings. The van der Waals surface area contributed by atoms with Crippen LogP contribution in [0.15, 0.2) is 48.5 Å². The summed E-state index contributed by atoms with van der Waals surface area (Å²) in [4.78, 5) is 8.33. The van der Waals surface area contributed by atoms with Crippen LogP contribution < -0.4 is 15.4 Å². The summed E-state index contributed by atoms with van der Waals surface area (Å²) in [7, 11) is 0. The van der Waals surface area contributed by atoms with E-state index >= 15 is 0 Å². The van der Waals surface area contributed by atoms with Crippen LogP contribution in [0.5, 0.6) is 5.75 Å². The van der Waals surface area contributed by atoms with Gasteiger partial charge in [-0.2, -0.15) is 18.2 Å². The van der Waals surface area contributed by atoms with E-state index in [4.69, 9.17) is 11.6 Å². The number of hydrogen-bond acceptors (Lipinski definition) is 5. The predicted octanol–water partition coefficient (Wildman–Crippen LogP) is 6.89. The molecule has 0 unspecified atom stereocenters. The van der Waals surface area contributed by atoms with E-state index < -0.39 is 29.5 Å². The highest BCUT2D eigenvalue weighted by Gasteiger charge is 2.34. The molecular formula is C20H15ClF6N4O. The van der Waals surface area contributed by atoms with Gasteiger partial charge >= 0.3 is 12.5 Å². The standard InChI is InChI=1S/C20H15ClF6N4O/c1-2-28-18-29-15(11-5-3-6-12(9-11)32-20(25,26)27)10-16(31-18)30-17-13(19(22,23)24)7-4-8-14(17)21/h3-10H,2H2,1H3,(H2,28,29,30,31). The van der Waals surface area contributed by atoms with E-state index in [-0.39, 0.29) is 28.0 Å². The van der Waals surface area contributed by atoms with E-state index in [2.05, 4.69) is 25.3 Å². The number of benzene rings is 2. The van der Waals surface area contributed by atoms with Gasteiger partial charge in [0.05, 0.1) is 22.0 Å². The van der Waals surface area contributed by atoms with Gasteiger partial charge in [-0.05, 0) is 31.2 Å². The number of aromatic nitrogens is 2. The van der Waals surface area contributed by atoms with E-state index in [0.29, 0.717) is 6.54 Å². The number of halogens is 7. The number of ether oxygens (including phenoxy) is 1. The molecule has 3 rings (SSSR count). The summed E-state index contributed by atoms with van der Waals surface area (Å²) in [5.74, 6) is -0.472. The van der Waals surface area contributed by atoms with Crippen molar-refractivity contribution in [2.75, 3.05) is 17.2 Å². The van der Waals surface area contributed by atoms with E-state index in [1.807, 2.05) is 0 Å². The zero-order chi connectivity index (χ0) is 23.5.